The number of hydrogen-bond acceptors (Lipinski definition) is 3. The molecule has 1 saturated heterocycles. The highest BCUT2D eigenvalue weighted by Gasteiger charge is 2.17. The second-order valence-electron chi connectivity index (χ2n) is 6.06. The first-order valence-electron chi connectivity index (χ1n) is 7.82. The molecule has 0 amide bonds. The second-order valence-corrected chi connectivity index (χ2v) is 6.06. The Morgan fingerprint density at radius 3 is 2.62 bits per heavy atom. The molecule has 0 bridgehead atoms. The highest BCUT2D eigenvalue weighted by molar-refractivity contribution is 5.87. The Hall–Kier alpha value is -1.36. The first-order valence-corrected chi connectivity index (χ1v) is 7.82. The molecule has 4 heteroatoms. The van der Waals surface area contributed by atoms with Crippen LogP contribution in [0, 0.1) is 0 Å². The summed E-state index contributed by atoms with van der Waals surface area (Å²) in [5.74, 6) is 0. The average Bonchev–Trinajstić information content (AvgIpc) is 2.87. The zero-order valence-corrected chi connectivity index (χ0v) is 13.0. The van der Waals surface area contributed by atoms with Crippen molar-refractivity contribution in [2.45, 2.75) is 33.0 Å². The lowest BCUT2D eigenvalue weighted by Crippen LogP contribution is -2.35. The summed E-state index contributed by atoms with van der Waals surface area (Å²) >= 11 is 0. The van der Waals surface area contributed by atoms with Gasteiger partial charge in [0.2, 0.25) is 0 Å². The molecule has 114 valence electrons. The summed E-state index contributed by atoms with van der Waals surface area (Å²) in [5, 5.41) is 1.35. The Morgan fingerprint density at radius 1 is 1.19 bits per heavy atom. The average molecular weight is 287 g/mol. The quantitative estimate of drug-likeness (QED) is 0.939. The normalized spacial score (nSPS) is 17.0. The minimum atomic E-state index is 0.443. The van der Waals surface area contributed by atoms with E-state index in [0.29, 0.717) is 12.6 Å². The molecule has 2 N–H and O–H groups in total. The van der Waals surface area contributed by atoms with E-state index in [0.717, 1.165) is 32.8 Å². The van der Waals surface area contributed by atoms with Gasteiger partial charge in [-0.05, 0) is 25.0 Å². The highest BCUT2D eigenvalue weighted by atomic mass is 16.5. The van der Waals surface area contributed by atoms with Gasteiger partial charge in [-0.1, -0.05) is 18.2 Å². The molecule has 0 unspecified atom stereocenters. The van der Waals surface area contributed by atoms with Crippen LogP contribution >= 0.6 is 0 Å². The molecule has 1 aromatic heterocycles. The molecule has 1 aliphatic heterocycles. The molecule has 4 nitrogen and oxygen atoms in total. The molecule has 1 aliphatic rings. The molecule has 0 spiro atoms. The van der Waals surface area contributed by atoms with Gasteiger partial charge in [-0.3, -0.25) is 4.90 Å². The summed E-state index contributed by atoms with van der Waals surface area (Å²) in [7, 11) is 0. The standard InChI is InChI=1S/C17H25N3O/c1-13(2)20-12-15(11-19-6-8-21-9-7-19)16-5-3-4-14(10-18)17(16)20/h3-5,12-13H,6-11,18H2,1-2H3. The lowest BCUT2D eigenvalue weighted by atomic mass is 10.1. The fourth-order valence-corrected chi connectivity index (χ4v) is 3.16. The number of rotatable bonds is 4. The van der Waals surface area contributed by atoms with Crippen LogP contribution in [-0.4, -0.2) is 35.8 Å². The maximum absolute atomic E-state index is 5.94. The van der Waals surface area contributed by atoms with Crippen molar-refractivity contribution >= 4 is 10.9 Å². The van der Waals surface area contributed by atoms with Gasteiger partial charge in [-0.15, -0.1) is 0 Å². The maximum atomic E-state index is 5.94. The SMILES string of the molecule is CC(C)n1cc(CN2CCOCC2)c2cccc(CN)c21. The van der Waals surface area contributed by atoms with Gasteiger partial charge in [0.25, 0.3) is 0 Å². The van der Waals surface area contributed by atoms with Crippen molar-refractivity contribution in [2.75, 3.05) is 26.3 Å². The van der Waals surface area contributed by atoms with Crippen LogP contribution in [0.3, 0.4) is 0 Å². The molecule has 0 atom stereocenters. The number of benzene rings is 1. The molecule has 1 fully saturated rings. The summed E-state index contributed by atoms with van der Waals surface area (Å²) < 4.78 is 7.81. The number of hydrogen-bond donors (Lipinski definition) is 1. The number of ether oxygens (including phenoxy) is 1. The highest BCUT2D eigenvalue weighted by Crippen LogP contribution is 2.28. The Balaban J connectivity index is 2.02. The molecule has 2 aromatic rings. The Kier molecular flexibility index (Phi) is 4.29. The van der Waals surface area contributed by atoms with Gasteiger partial charge in [-0.2, -0.15) is 0 Å². The van der Waals surface area contributed by atoms with Gasteiger partial charge in [0.05, 0.1) is 18.7 Å². The minimum Gasteiger partial charge on any atom is -0.379 e. The van der Waals surface area contributed by atoms with Crippen LogP contribution in [-0.2, 0) is 17.8 Å². The summed E-state index contributed by atoms with van der Waals surface area (Å²) in [5.41, 5.74) is 9.87. The molecule has 1 aromatic carbocycles. The maximum Gasteiger partial charge on any atom is 0.0594 e. The van der Waals surface area contributed by atoms with Crippen molar-refractivity contribution in [2.24, 2.45) is 5.73 Å². The predicted molar refractivity (Wildman–Crippen MR) is 86.3 cm³/mol. The smallest absolute Gasteiger partial charge is 0.0594 e. The first-order chi connectivity index (χ1) is 10.2. The van der Waals surface area contributed by atoms with Crippen LogP contribution in [0.25, 0.3) is 10.9 Å². The summed E-state index contributed by atoms with van der Waals surface area (Å²) in [6.07, 6.45) is 2.31. The van der Waals surface area contributed by atoms with E-state index in [4.69, 9.17) is 10.5 Å². The van der Waals surface area contributed by atoms with Gasteiger partial charge in [0.15, 0.2) is 0 Å². The van der Waals surface area contributed by atoms with Gasteiger partial charge >= 0.3 is 0 Å². The van der Waals surface area contributed by atoms with Gasteiger partial charge in [-0.25, -0.2) is 0 Å². The Labute approximate surface area is 126 Å². The Morgan fingerprint density at radius 2 is 1.95 bits per heavy atom. The summed E-state index contributed by atoms with van der Waals surface area (Å²) in [6.45, 7) is 9.76. The Bertz CT molecular complexity index is 612. The molecular formula is C17H25N3O. The van der Waals surface area contributed by atoms with E-state index in [-0.39, 0.29) is 0 Å². The molecular weight excluding hydrogens is 262 g/mol. The summed E-state index contributed by atoms with van der Waals surface area (Å²) in [6, 6.07) is 6.93. The van der Waals surface area contributed by atoms with Crippen LogP contribution in [0.2, 0.25) is 0 Å². The largest absolute Gasteiger partial charge is 0.379 e. The number of nitrogens with two attached hydrogens (primary N) is 1. The molecule has 21 heavy (non-hydrogen) atoms. The van der Waals surface area contributed by atoms with Crippen molar-refractivity contribution in [3.05, 3.63) is 35.5 Å². The van der Waals surface area contributed by atoms with Gasteiger partial charge < -0.3 is 15.0 Å². The van der Waals surface area contributed by atoms with E-state index in [1.165, 1.54) is 22.0 Å². The van der Waals surface area contributed by atoms with Crippen molar-refractivity contribution in [1.82, 2.24) is 9.47 Å². The van der Waals surface area contributed by atoms with Crippen molar-refractivity contribution in [3.8, 4) is 0 Å². The van der Waals surface area contributed by atoms with Crippen LogP contribution in [0.15, 0.2) is 24.4 Å². The van der Waals surface area contributed by atoms with Gasteiger partial charge in [0.1, 0.15) is 0 Å². The van der Waals surface area contributed by atoms with Crippen LogP contribution < -0.4 is 5.73 Å². The number of para-hydroxylation sites is 1. The van der Waals surface area contributed by atoms with E-state index >= 15 is 0 Å². The fraction of sp³-hybridized carbons (Fsp3) is 0.529. The van der Waals surface area contributed by atoms with Crippen molar-refractivity contribution in [3.63, 3.8) is 0 Å². The zero-order chi connectivity index (χ0) is 14.8. The lowest BCUT2D eigenvalue weighted by molar-refractivity contribution is 0.0343. The topological polar surface area (TPSA) is 43.4 Å². The third-order valence-electron chi connectivity index (χ3n) is 4.29. The van der Waals surface area contributed by atoms with Crippen molar-refractivity contribution < 1.29 is 4.74 Å². The number of nitrogens with zero attached hydrogens (tertiary/aromatic N) is 2. The van der Waals surface area contributed by atoms with E-state index < -0.39 is 0 Å². The number of fused-ring (bicyclic) bond motifs is 1. The molecule has 0 radical (unpaired) electrons. The van der Waals surface area contributed by atoms with E-state index in [9.17, 15) is 0 Å². The van der Waals surface area contributed by atoms with Crippen LogP contribution in [0.4, 0.5) is 0 Å². The van der Waals surface area contributed by atoms with Crippen molar-refractivity contribution in [1.29, 1.82) is 0 Å². The lowest BCUT2D eigenvalue weighted by Gasteiger charge is -2.26. The monoisotopic (exact) mass is 287 g/mol. The fourth-order valence-electron chi connectivity index (χ4n) is 3.16. The second kappa shape index (κ2) is 6.18. The first kappa shape index (κ1) is 14.6. The third kappa shape index (κ3) is 2.84. The molecule has 0 aliphatic carbocycles. The molecule has 0 saturated carbocycles. The molecule has 2 heterocycles. The number of morpholine rings is 1. The third-order valence-corrected chi connectivity index (χ3v) is 4.29. The van der Waals surface area contributed by atoms with E-state index in [1.807, 2.05) is 0 Å². The number of aromatic nitrogens is 1. The predicted octanol–water partition coefficient (Wildman–Crippen LogP) is 2.51. The molecule has 3 rings (SSSR count). The van der Waals surface area contributed by atoms with Gasteiger partial charge in [0, 0.05) is 43.8 Å². The zero-order valence-electron chi connectivity index (χ0n) is 13.0. The minimum absolute atomic E-state index is 0.443. The van der Waals surface area contributed by atoms with E-state index in [2.05, 4.69) is 47.7 Å². The summed E-state index contributed by atoms with van der Waals surface area (Å²) in [4.78, 5) is 2.47. The van der Waals surface area contributed by atoms with Crippen LogP contribution in [0.1, 0.15) is 31.0 Å². The van der Waals surface area contributed by atoms with E-state index in [1.54, 1.807) is 0 Å². The van der Waals surface area contributed by atoms with Crippen LogP contribution in [0.5, 0.6) is 0 Å².